The number of anilines is 1. The van der Waals surface area contributed by atoms with Crippen LogP contribution in [0.15, 0.2) is 60.7 Å². The first-order valence-electron chi connectivity index (χ1n) is 11.4. The number of benzene rings is 2. The number of rotatable bonds is 9. The maximum atomic E-state index is 14.3. The molecule has 0 radical (unpaired) electrons. The molecular formula is C27H30FNO3. The van der Waals surface area contributed by atoms with Gasteiger partial charge in [0.1, 0.15) is 18.2 Å². The second kappa shape index (κ2) is 10.5. The van der Waals surface area contributed by atoms with Crippen molar-refractivity contribution in [2.75, 3.05) is 18.0 Å². The fourth-order valence-electron chi connectivity index (χ4n) is 4.53. The number of aliphatic carboxylic acids is 1. The Hall–Kier alpha value is -3.08. The van der Waals surface area contributed by atoms with E-state index in [9.17, 15) is 9.18 Å². The Morgan fingerprint density at radius 1 is 1.19 bits per heavy atom. The number of ether oxygens (including phenoxy) is 1. The summed E-state index contributed by atoms with van der Waals surface area (Å²) in [5, 5.41) is 8.79. The van der Waals surface area contributed by atoms with E-state index in [2.05, 4.69) is 47.4 Å². The Bertz CT molecular complexity index is 1010. The monoisotopic (exact) mass is 435 g/mol. The minimum absolute atomic E-state index is 0.0858. The van der Waals surface area contributed by atoms with Crippen molar-refractivity contribution in [1.29, 1.82) is 0 Å². The topological polar surface area (TPSA) is 49.8 Å². The molecule has 0 spiro atoms. The Kier molecular flexibility index (Phi) is 7.25. The van der Waals surface area contributed by atoms with Crippen molar-refractivity contribution in [1.82, 2.24) is 0 Å². The zero-order valence-corrected chi connectivity index (χ0v) is 18.3. The lowest BCUT2D eigenvalue weighted by molar-refractivity contribution is -0.136. The fraction of sp³-hybridized carbons (Fsp3) is 0.370. The molecule has 5 heteroatoms. The van der Waals surface area contributed by atoms with Gasteiger partial charge in [-0.15, -0.1) is 0 Å². The van der Waals surface area contributed by atoms with Gasteiger partial charge in [0.05, 0.1) is 0 Å². The predicted molar refractivity (Wildman–Crippen MR) is 125 cm³/mol. The molecule has 32 heavy (non-hydrogen) atoms. The van der Waals surface area contributed by atoms with Gasteiger partial charge in [-0.1, -0.05) is 42.5 Å². The molecule has 1 unspecified atom stereocenters. The van der Waals surface area contributed by atoms with Gasteiger partial charge in [-0.05, 0) is 66.8 Å². The first kappa shape index (κ1) is 22.1. The van der Waals surface area contributed by atoms with Crippen LogP contribution in [0, 0.1) is 11.7 Å². The summed E-state index contributed by atoms with van der Waals surface area (Å²) in [6.45, 7) is 2.51. The molecule has 0 aromatic heterocycles. The summed E-state index contributed by atoms with van der Waals surface area (Å²) < 4.78 is 20.2. The molecule has 168 valence electrons. The summed E-state index contributed by atoms with van der Waals surface area (Å²) in [6, 6.07) is 11.1. The van der Waals surface area contributed by atoms with Crippen molar-refractivity contribution in [3.05, 3.63) is 83.2 Å². The summed E-state index contributed by atoms with van der Waals surface area (Å²) in [5.74, 6) is -0.273. The molecule has 0 fully saturated rings. The van der Waals surface area contributed by atoms with Gasteiger partial charge in [-0.2, -0.15) is 0 Å². The van der Waals surface area contributed by atoms with E-state index in [1.54, 1.807) is 12.1 Å². The lowest BCUT2D eigenvalue weighted by atomic mass is 9.94. The van der Waals surface area contributed by atoms with Crippen LogP contribution in [0.4, 0.5) is 10.1 Å². The lowest BCUT2D eigenvalue weighted by Gasteiger charge is -2.33. The van der Waals surface area contributed by atoms with Crippen molar-refractivity contribution in [2.45, 2.75) is 45.1 Å². The average molecular weight is 436 g/mol. The van der Waals surface area contributed by atoms with Gasteiger partial charge < -0.3 is 14.7 Å². The van der Waals surface area contributed by atoms with Gasteiger partial charge >= 0.3 is 5.97 Å². The molecule has 4 rings (SSSR count). The van der Waals surface area contributed by atoms with E-state index in [0.29, 0.717) is 23.8 Å². The van der Waals surface area contributed by atoms with Crippen LogP contribution in [-0.4, -0.2) is 24.2 Å². The van der Waals surface area contributed by atoms with Crippen LogP contribution in [0.25, 0.3) is 0 Å². The highest BCUT2D eigenvalue weighted by molar-refractivity contribution is 5.67. The van der Waals surface area contributed by atoms with Crippen molar-refractivity contribution >= 4 is 11.7 Å². The van der Waals surface area contributed by atoms with E-state index in [1.165, 1.54) is 17.3 Å². The number of carbonyl (C=O) groups is 1. The molecule has 1 aliphatic heterocycles. The van der Waals surface area contributed by atoms with E-state index in [4.69, 9.17) is 9.84 Å². The molecule has 2 aliphatic rings. The maximum Gasteiger partial charge on any atom is 0.303 e. The lowest BCUT2D eigenvalue weighted by Crippen LogP contribution is -2.31. The van der Waals surface area contributed by atoms with Crippen molar-refractivity contribution in [3.8, 4) is 5.75 Å². The number of nitrogens with zero attached hydrogens (tertiary/aromatic N) is 1. The molecule has 0 amide bonds. The number of hydrogen-bond acceptors (Lipinski definition) is 3. The molecular weight excluding hydrogens is 405 g/mol. The van der Waals surface area contributed by atoms with E-state index < -0.39 is 11.8 Å². The van der Waals surface area contributed by atoms with Gasteiger partial charge in [0, 0.05) is 31.3 Å². The molecule has 4 nitrogen and oxygen atoms in total. The summed E-state index contributed by atoms with van der Waals surface area (Å²) in [6.07, 6.45) is 13.3. The summed E-state index contributed by atoms with van der Waals surface area (Å²) in [5.41, 5.74) is 4.16. The summed E-state index contributed by atoms with van der Waals surface area (Å²) in [7, 11) is 0. The van der Waals surface area contributed by atoms with Crippen molar-refractivity contribution < 1.29 is 19.0 Å². The number of hydrogen-bond donors (Lipinski definition) is 1. The standard InChI is InChI=1S/C27H30FNO3/c28-25-18-23(13-11-21(25)12-14-27(30)31)32-19-22-8-4-10-26-24(22)9-5-16-29(26)17-15-20-6-2-1-3-7-20/h1-4,6,8,10-11,13,18,20H,5,7,9,12,14-17,19H2,(H,30,31). The summed E-state index contributed by atoms with van der Waals surface area (Å²) in [4.78, 5) is 13.2. The highest BCUT2D eigenvalue weighted by Crippen LogP contribution is 2.32. The SMILES string of the molecule is O=C(O)CCc1ccc(OCc2cccc3c2CCCN3CCC2C=CC=CC2)cc1F. The fourth-order valence-corrected chi connectivity index (χ4v) is 4.53. The van der Waals surface area contributed by atoms with Crippen molar-refractivity contribution in [3.63, 3.8) is 0 Å². The van der Waals surface area contributed by atoms with Crippen LogP contribution in [0.5, 0.6) is 5.75 Å². The van der Waals surface area contributed by atoms with Crippen LogP contribution in [0.3, 0.4) is 0 Å². The molecule has 1 N–H and O–H groups in total. The van der Waals surface area contributed by atoms with E-state index in [-0.39, 0.29) is 12.8 Å². The van der Waals surface area contributed by atoms with Crippen LogP contribution < -0.4 is 9.64 Å². The zero-order valence-electron chi connectivity index (χ0n) is 18.3. The van der Waals surface area contributed by atoms with E-state index >= 15 is 0 Å². The minimum atomic E-state index is -0.931. The second-order valence-corrected chi connectivity index (χ2v) is 8.54. The number of fused-ring (bicyclic) bond motifs is 1. The highest BCUT2D eigenvalue weighted by atomic mass is 19.1. The molecule has 2 aromatic carbocycles. The van der Waals surface area contributed by atoms with Gasteiger partial charge in [0.2, 0.25) is 0 Å². The maximum absolute atomic E-state index is 14.3. The molecule has 1 atom stereocenters. The van der Waals surface area contributed by atoms with Crippen LogP contribution >= 0.6 is 0 Å². The minimum Gasteiger partial charge on any atom is -0.489 e. The third-order valence-corrected chi connectivity index (χ3v) is 6.31. The third-order valence-electron chi connectivity index (χ3n) is 6.31. The number of halogens is 1. The van der Waals surface area contributed by atoms with Gasteiger partial charge in [-0.25, -0.2) is 4.39 Å². The highest BCUT2D eigenvalue weighted by Gasteiger charge is 2.20. The Labute approximate surface area is 189 Å². The molecule has 1 aliphatic carbocycles. The Morgan fingerprint density at radius 2 is 2.09 bits per heavy atom. The summed E-state index contributed by atoms with van der Waals surface area (Å²) >= 11 is 0. The second-order valence-electron chi connectivity index (χ2n) is 8.54. The Morgan fingerprint density at radius 3 is 2.88 bits per heavy atom. The largest absolute Gasteiger partial charge is 0.489 e. The van der Waals surface area contributed by atoms with E-state index in [1.807, 2.05) is 0 Å². The number of allylic oxidation sites excluding steroid dienone is 4. The van der Waals surface area contributed by atoms with Crippen LogP contribution in [-0.2, 0) is 24.2 Å². The number of aryl methyl sites for hydroxylation is 1. The average Bonchev–Trinajstić information content (AvgIpc) is 2.81. The number of carboxylic acid groups (broad SMARTS) is 1. The molecule has 0 saturated carbocycles. The quantitative estimate of drug-likeness (QED) is 0.549. The predicted octanol–water partition coefficient (Wildman–Crippen LogP) is 5.70. The van der Waals surface area contributed by atoms with Gasteiger partial charge in [-0.3, -0.25) is 4.79 Å². The smallest absolute Gasteiger partial charge is 0.303 e. The first-order valence-corrected chi connectivity index (χ1v) is 11.4. The van der Waals surface area contributed by atoms with Gasteiger partial charge in [0.25, 0.3) is 0 Å². The first-order chi connectivity index (χ1) is 15.6. The van der Waals surface area contributed by atoms with Crippen LogP contribution in [0.2, 0.25) is 0 Å². The van der Waals surface area contributed by atoms with E-state index in [0.717, 1.165) is 44.3 Å². The third kappa shape index (κ3) is 5.58. The van der Waals surface area contributed by atoms with Crippen LogP contribution in [0.1, 0.15) is 42.4 Å². The van der Waals surface area contributed by atoms with Gasteiger partial charge in [0.15, 0.2) is 0 Å². The molecule has 1 heterocycles. The normalized spacial score (nSPS) is 17.3. The Balaban J connectivity index is 1.40. The zero-order chi connectivity index (χ0) is 22.3. The number of carboxylic acids is 1. The molecule has 0 bridgehead atoms. The van der Waals surface area contributed by atoms with Crippen molar-refractivity contribution in [2.24, 2.45) is 5.92 Å². The molecule has 0 saturated heterocycles. The molecule has 2 aromatic rings.